The molecule has 178 valence electrons. The molecule has 2 aliphatic heterocycles. The van der Waals surface area contributed by atoms with Gasteiger partial charge in [-0.3, -0.25) is 4.90 Å². The van der Waals surface area contributed by atoms with E-state index in [0.717, 1.165) is 56.2 Å². The third-order valence-electron chi connectivity index (χ3n) is 7.34. The van der Waals surface area contributed by atoms with Crippen LogP contribution in [0.2, 0.25) is 0 Å². The highest BCUT2D eigenvalue weighted by Crippen LogP contribution is 2.41. The van der Waals surface area contributed by atoms with Crippen molar-refractivity contribution in [1.82, 2.24) is 15.0 Å². The summed E-state index contributed by atoms with van der Waals surface area (Å²) in [6.45, 7) is 9.13. The number of piperazine rings is 1. The minimum absolute atomic E-state index is 0.237. The van der Waals surface area contributed by atoms with Gasteiger partial charge in [-0.1, -0.05) is 11.2 Å². The number of hydrogen-bond donors (Lipinski definition) is 1. The summed E-state index contributed by atoms with van der Waals surface area (Å²) in [7, 11) is 0. The number of benzene rings is 1. The molecule has 2 amide bonds. The molecule has 2 saturated heterocycles. The Kier molecular flexibility index (Phi) is 6.27. The molecule has 0 atom stereocenters. The average Bonchev–Trinajstić information content (AvgIpc) is 3.57. The molecule has 2 aromatic rings. The molecule has 1 saturated carbocycles. The lowest BCUT2D eigenvalue weighted by atomic mass is 9.93. The highest BCUT2D eigenvalue weighted by molar-refractivity contribution is 5.93. The second-order valence-electron chi connectivity index (χ2n) is 9.87. The number of piperidine rings is 1. The molecule has 1 aliphatic carbocycles. The number of anilines is 2. The maximum Gasteiger partial charge on any atom is 0.321 e. The minimum Gasteiger partial charge on any atom is -0.367 e. The first-order valence-corrected chi connectivity index (χ1v) is 12.3. The Morgan fingerprint density at radius 1 is 1.06 bits per heavy atom. The fraction of sp³-hybridized carbons (Fsp3) is 0.600. The number of urea groups is 1. The Morgan fingerprint density at radius 2 is 1.79 bits per heavy atom. The fourth-order valence-corrected chi connectivity index (χ4v) is 5.00. The molecule has 33 heavy (non-hydrogen) atoms. The third-order valence-corrected chi connectivity index (χ3v) is 7.34. The summed E-state index contributed by atoms with van der Waals surface area (Å²) < 4.78 is 20.3. The molecule has 0 spiro atoms. The number of aromatic nitrogens is 1. The summed E-state index contributed by atoms with van der Waals surface area (Å²) in [6.07, 6.45) is 4.06. The van der Waals surface area contributed by atoms with Crippen molar-refractivity contribution in [1.29, 1.82) is 0 Å². The van der Waals surface area contributed by atoms with Crippen LogP contribution in [0.4, 0.5) is 20.6 Å². The van der Waals surface area contributed by atoms with Crippen LogP contribution < -0.4 is 10.2 Å². The van der Waals surface area contributed by atoms with E-state index >= 15 is 0 Å². The van der Waals surface area contributed by atoms with E-state index in [2.05, 4.69) is 40.2 Å². The van der Waals surface area contributed by atoms with Crippen LogP contribution in [0.3, 0.4) is 0 Å². The quantitative estimate of drug-likeness (QED) is 0.712. The van der Waals surface area contributed by atoms with Gasteiger partial charge in [-0.15, -0.1) is 0 Å². The Labute approximate surface area is 194 Å². The lowest BCUT2D eigenvalue weighted by Crippen LogP contribution is -2.49. The van der Waals surface area contributed by atoms with Gasteiger partial charge in [-0.2, -0.15) is 0 Å². The largest absolute Gasteiger partial charge is 0.367 e. The molecule has 0 unspecified atom stereocenters. The number of nitrogens with zero attached hydrogens (tertiary/aromatic N) is 4. The third kappa shape index (κ3) is 4.86. The number of carbonyl (C=O) groups is 1. The number of hydrogen-bond acceptors (Lipinski definition) is 5. The summed E-state index contributed by atoms with van der Waals surface area (Å²) in [5.74, 6) is 1.48. The summed E-state index contributed by atoms with van der Waals surface area (Å²) in [6, 6.07) is 7.39. The number of para-hydroxylation sites is 1. The zero-order valence-electron chi connectivity index (χ0n) is 19.6. The van der Waals surface area contributed by atoms with Crippen molar-refractivity contribution in [2.75, 3.05) is 49.5 Å². The molecule has 0 bridgehead atoms. The van der Waals surface area contributed by atoms with Gasteiger partial charge in [0.05, 0.1) is 11.4 Å². The molecular formula is C25H34FN5O2. The smallest absolute Gasteiger partial charge is 0.321 e. The zero-order chi connectivity index (χ0) is 22.9. The molecule has 1 aromatic carbocycles. The van der Waals surface area contributed by atoms with E-state index in [-0.39, 0.29) is 11.7 Å². The molecule has 3 fully saturated rings. The molecule has 0 radical (unpaired) electrons. The van der Waals surface area contributed by atoms with Crippen LogP contribution in [0.1, 0.15) is 62.8 Å². The number of halogens is 1. The number of carbonyl (C=O) groups excluding carboxylic acids is 1. The molecule has 8 heteroatoms. The number of amides is 2. The normalized spacial score (nSPS) is 20.5. The summed E-state index contributed by atoms with van der Waals surface area (Å²) in [5, 5.41) is 7.16. The van der Waals surface area contributed by atoms with Crippen molar-refractivity contribution >= 4 is 17.4 Å². The first kappa shape index (κ1) is 22.2. The van der Waals surface area contributed by atoms with E-state index in [9.17, 15) is 9.18 Å². The van der Waals surface area contributed by atoms with E-state index < -0.39 is 5.82 Å². The van der Waals surface area contributed by atoms with Gasteiger partial charge in [0.2, 0.25) is 0 Å². The van der Waals surface area contributed by atoms with Crippen molar-refractivity contribution in [3.05, 3.63) is 41.5 Å². The van der Waals surface area contributed by atoms with Gasteiger partial charge in [0.1, 0.15) is 17.3 Å². The highest BCUT2D eigenvalue weighted by atomic mass is 19.1. The van der Waals surface area contributed by atoms with Gasteiger partial charge < -0.3 is 19.6 Å². The number of likely N-dealkylation sites (tertiary alicyclic amines) is 1. The number of nitrogens with one attached hydrogen (secondary N) is 1. The van der Waals surface area contributed by atoms with E-state index in [1.54, 1.807) is 11.0 Å². The van der Waals surface area contributed by atoms with Crippen LogP contribution in [0, 0.1) is 5.82 Å². The van der Waals surface area contributed by atoms with Crippen molar-refractivity contribution in [3.8, 4) is 0 Å². The summed E-state index contributed by atoms with van der Waals surface area (Å²) in [4.78, 5) is 19.4. The lowest BCUT2D eigenvalue weighted by Gasteiger charge is -2.39. The van der Waals surface area contributed by atoms with E-state index in [0.29, 0.717) is 31.0 Å². The SMILES string of the molecule is CC(C)N1CCN(c2cccc(F)c2NC(=O)N2CCC(c3cc(C4CC4)on3)CC2)CC1. The van der Waals surface area contributed by atoms with Gasteiger partial charge in [0, 0.05) is 63.2 Å². The standard InChI is InChI=1S/C25H34FN5O2/c1-17(2)29-12-14-30(15-13-29)22-5-3-4-20(26)24(22)27-25(32)31-10-8-18(9-11-31)21-16-23(33-28-21)19-6-7-19/h3-5,16-19H,6-15H2,1-2H3,(H,27,32). The Bertz CT molecular complexity index is 973. The predicted molar refractivity (Wildman–Crippen MR) is 126 cm³/mol. The molecule has 7 nitrogen and oxygen atoms in total. The predicted octanol–water partition coefficient (Wildman–Crippen LogP) is 4.63. The second-order valence-corrected chi connectivity index (χ2v) is 9.87. The van der Waals surface area contributed by atoms with E-state index in [1.807, 2.05) is 6.07 Å². The molecule has 3 heterocycles. The maximum absolute atomic E-state index is 14.8. The highest BCUT2D eigenvalue weighted by Gasteiger charge is 2.31. The van der Waals surface area contributed by atoms with Crippen LogP contribution >= 0.6 is 0 Å². The van der Waals surface area contributed by atoms with Crippen molar-refractivity contribution in [2.24, 2.45) is 0 Å². The van der Waals surface area contributed by atoms with Gasteiger partial charge in [-0.05, 0) is 51.7 Å². The van der Waals surface area contributed by atoms with Gasteiger partial charge >= 0.3 is 6.03 Å². The van der Waals surface area contributed by atoms with E-state index in [4.69, 9.17) is 4.52 Å². The lowest BCUT2D eigenvalue weighted by molar-refractivity contribution is 0.193. The maximum atomic E-state index is 14.8. The molecule has 1 aromatic heterocycles. The average molecular weight is 456 g/mol. The first-order valence-electron chi connectivity index (χ1n) is 12.3. The Morgan fingerprint density at radius 3 is 2.45 bits per heavy atom. The van der Waals surface area contributed by atoms with Crippen molar-refractivity contribution in [3.63, 3.8) is 0 Å². The van der Waals surface area contributed by atoms with Crippen molar-refractivity contribution in [2.45, 2.75) is 57.4 Å². The summed E-state index contributed by atoms with van der Waals surface area (Å²) >= 11 is 0. The second kappa shape index (κ2) is 9.33. The molecule has 1 N–H and O–H groups in total. The first-order chi connectivity index (χ1) is 16.0. The van der Waals surface area contributed by atoms with Crippen LogP contribution in [0.15, 0.2) is 28.8 Å². The number of rotatable bonds is 5. The van der Waals surface area contributed by atoms with Gasteiger partial charge in [-0.25, -0.2) is 9.18 Å². The Balaban J connectivity index is 1.20. The topological polar surface area (TPSA) is 64.8 Å². The minimum atomic E-state index is -0.391. The van der Waals surface area contributed by atoms with E-state index in [1.165, 1.54) is 18.9 Å². The zero-order valence-corrected chi connectivity index (χ0v) is 19.6. The van der Waals surface area contributed by atoms with Gasteiger partial charge in [0.25, 0.3) is 0 Å². The van der Waals surface area contributed by atoms with Crippen LogP contribution in [0.25, 0.3) is 0 Å². The monoisotopic (exact) mass is 455 g/mol. The van der Waals surface area contributed by atoms with Gasteiger partial charge in [0.15, 0.2) is 0 Å². The molecule has 5 rings (SSSR count). The molecule has 3 aliphatic rings. The van der Waals surface area contributed by atoms with Crippen LogP contribution in [0.5, 0.6) is 0 Å². The van der Waals surface area contributed by atoms with Crippen LogP contribution in [-0.2, 0) is 0 Å². The molecular weight excluding hydrogens is 421 g/mol. The summed E-state index contributed by atoms with van der Waals surface area (Å²) in [5.41, 5.74) is 2.05. The Hall–Kier alpha value is -2.61. The van der Waals surface area contributed by atoms with Crippen molar-refractivity contribution < 1.29 is 13.7 Å². The fourth-order valence-electron chi connectivity index (χ4n) is 5.00. The van der Waals surface area contributed by atoms with Crippen LogP contribution in [-0.4, -0.2) is 66.3 Å².